The van der Waals surface area contributed by atoms with Gasteiger partial charge in [0, 0.05) is 35.9 Å². The van der Waals surface area contributed by atoms with Crippen LogP contribution >= 0.6 is 0 Å². The molecule has 0 saturated heterocycles. The van der Waals surface area contributed by atoms with E-state index in [1.807, 2.05) is 41.1 Å². The van der Waals surface area contributed by atoms with Crippen LogP contribution in [-0.4, -0.2) is 25.6 Å². The Morgan fingerprint density at radius 1 is 1.05 bits per heavy atom. The molecule has 0 spiro atoms. The summed E-state index contributed by atoms with van der Waals surface area (Å²) in [6.45, 7) is 0. The molecule has 0 amide bonds. The highest BCUT2D eigenvalue weighted by atomic mass is 15.1. The highest BCUT2D eigenvalue weighted by molar-refractivity contribution is 5.60. The van der Waals surface area contributed by atoms with Crippen LogP contribution in [0.25, 0.3) is 5.69 Å². The number of aromatic nitrogens is 4. The minimum absolute atomic E-state index is 0.581. The van der Waals surface area contributed by atoms with Gasteiger partial charge in [0.15, 0.2) is 0 Å². The Morgan fingerprint density at radius 2 is 1.86 bits per heavy atom. The number of nitrogens with zero attached hydrogens (tertiary/aromatic N) is 4. The summed E-state index contributed by atoms with van der Waals surface area (Å²) in [5.74, 6) is 1.66. The molecular formula is C16H16N6. The summed E-state index contributed by atoms with van der Waals surface area (Å²) < 4.78 is 1.96. The second-order valence-corrected chi connectivity index (χ2v) is 5.35. The molecule has 2 N–H and O–H groups in total. The van der Waals surface area contributed by atoms with Gasteiger partial charge in [-0.1, -0.05) is 0 Å². The van der Waals surface area contributed by atoms with Crippen molar-refractivity contribution in [2.45, 2.75) is 18.9 Å². The highest BCUT2D eigenvalue weighted by Crippen LogP contribution is 2.25. The van der Waals surface area contributed by atoms with Crippen molar-refractivity contribution in [1.82, 2.24) is 19.5 Å². The van der Waals surface area contributed by atoms with Gasteiger partial charge < -0.3 is 15.2 Å². The van der Waals surface area contributed by atoms with Crippen LogP contribution < -0.4 is 10.6 Å². The van der Waals surface area contributed by atoms with Gasteiger partial charge in [0.1, 0.15) is 18.0 Å². The number of nitrogens with one attached hydrogen (secondary N) is 2. The lowest BCUT2D eigenvalue weighted by Crippen LogP contribution is -2.04. The van der Waals surface area contributed by atoms with Crippen LogP contribution in [0.5, 0.6) is 0 Å². The Morgan fingerprint density at radius 3 is 2.59 bits per heavy atom. The lowest BCUT2D eigenvalue weighted by Gasteiger charge is -2.09. The fraction of sp³-hybridized carbons (Fsp3) is 0.188. The topological polar surface area (TPSA) is 67.7 Å². The third kappa shape index (κ3) is 2.90. The Bertz CT molecular complexity index is 747. The summed E-state index contributed by atoms with van der Waals surface area (Å²) in [6, 6.07) is 10.6. The molecule has 1 aromatic carbocycles. The van der Waals surface area contributed by atoms with Crippen LogP contribution in [0.15, 0.2) is 55.4 Å². The monoisotopic (exact) mass is 292 g/mol. The second kappa shape index (κ2) is 5.48. The lowest BCUT2D eigenvalue weighted by molar-refractivity contribution is 1.06. The molecule has 0 radical (unpaired) electrons. The van der Waals surface area contributed by atoms with Crippen molar-refractivity contribution in [3.8, 4) is 5.69 Å². The normalized spacial score (nSPS) is 13.8. The van der Waals surface area contributed by atoms with Gasteiger partial charge in [-0.3, -0.25) is 0 Å². The summed E-state index contributed by atoms with van der Waals surface area (Å²) in [6.07, 6.45) is 9.49. The quantitative estimate of drug-likeness (QED) is 0.756. The molecule has 3 aromatic rings. The van der Waals surface area contributed by atoms with Crippen molar-refractivity contribution in [3.05, 3.63) is 55.4 Å². The summed E-state index contributed by atoms with van der Waals surface area (Å²) in [4.78, 5) is 12.5. The maximum Gasteiger partial charge on any atom is 0.135 e. The molecule has 1 saturated carbocycles. The van der Waals surface area contributed by atoms with Gasteiger partial charge in [0.25, 0.3) is 0 Å². The second-order valence-electron chi connectivity index (χ2n) is 5.35. The third-order valence-electron chi connectivity index (χ3n) is 3.54. The predicted octanol–water partition coefficient (Wildman–Crippen LogP) is 2.98. The number of rotatable bonds is 5. The van der Waals surface area contributed by atoms with Gasteiger partial charge in [-0.05, 0) is 37.1 Å². The molecule has 0 unspecified atom stereocenters. The van der Waals surface area contributed by atoms with Crippen LogP contribution in [0.2, 0.25) is 0 Å². The van der Waals surface area contributed by atoms with Gasteiger partial charge >= 0.3 is 0 Å². The average Bonchev–Trinajstić information content (AvgIpc) is 3.18. The van der Waals surface area contributed by atoms with E-state index in [-0.39, 0.29) is 0 Å². The Balaban J connectivity index is 1.48. The standard InChI is InChI=1S/C16H16N6/c1-2-12(1)20-15-9-16(19-10-18-15)21-13-3-5-14(6-4-13)22-8-7-17-11-22/h3-12H,1-2H2,(H2,18,19,20,21). The lowest BCUT2D eigenvalue weighted by atomic mass is 10.2. The van der Waals surface area contributed by atoms with Gasteiger partial charge in [0.2, 0.25) is 0 Å². The van der Waals surface area contributed by atoms with Crippen LogP contribution in [-0.2, 0) is 0 Å². The first-order valence-electron chi connectivity index (χ1n) is 7.31. The maximum absolute atomic E-state index is 4.26. The van der Waals surface area contributed by atoms with E-state index in [1.165, 1.54) is 12.8 Å². The van der Waals surface area contributed by atoms with E-state index in [2.05, 4.69) is 25.6 Å². The summed E-state index contributed by atoms with van der Waals surface area (Å²) in [5.41, 5.74) is 2.06. The van der Waals surface area contributed by atoms with Gasteiger partial charge in [0.05, 0.1) is 6.33 Å². The van der Waals surface area contributed by atoms with Crippen molar-refractivity contribution >= 4 is 17.3 Å². The number of anilines is 3. The fourth-order valence-electron chi connectivity index (χ4n) is 2.22. The van der Waals surface area contributed by atoms with E-state index in [0.29, 0.717) is 6.04 Å². The van der Waals surface area contributed by atoms with Crippen LogP contribution in [0.1, 0.15) is 12.8 Å². The summed E-state index contributed by atoms with van der Waals surface area (Å²) >= 11 is 0. The molecule has 1 aliphatic carbocycles. The van der Waals surface area contributed by atoms with Crippen molar-refractivity contribution in [3.63, 3.8) is 0 Å². The van der Waals surface area contributed by atoms with Crippen molar-refractivity contribution in [1.29, 1.82) is 0 Å². The summed E-state index contributed by atoms with van der Waals surface area (Å²) in [7, 11) is 0. The Kier molecular flexibility index (Phi) is 3.19. The maximum atomic E-state index is 4.26. The molecule has 4 rings (SSSR count). The van der Waals surface area contributed by atoms with Crippen LogP contribution in [0, 0.1) is 0 Å². The number of benzene rings is 1. The SMILES string of the molecule is c1cn(-c2ccc(Nc3cc(NC4CC4)ncn3)cc2)cn1. The smallest absolute Gasteiger partial charge is 0.135 e. The largest absolute Gasteiger partial charge is 0.367 e. The molecule has 6 heteroatoms. The summed E-state index contributed by atoms with van der Waals surface area (Å²) in [5, 5.41) is 6.66. The van der Waals surface area contributed by atoms with E-state index in [4.69, 9.17) is 0 Å². The van der Waals surface area contributed by atoms with E-state index in [9.17, 15) is 0 Å². The Labute approximate surface area is 128 Å². The molecule has 1 aliphatic rings. The fourth-order valence-corrected chi connectivity index (χ4v) is 2.22. The zero-order valence-corrected chi connectivity index (χ0v) is 12.0. The van der Waals surface area contributed by atoms with Gasteiger partial charge in [-0.2, -0.15) is 0 Å². The first-order chi connectivity index (χ1) is 10.9. The molecule has 0 bridgehead atoms. The molecule has 110 valence electrons. The first-order valence-corrected chi connectivity index (χ1v) is 7.31. The molecule has 1 fully saturated rings. The molecule has 2 aromatic heterocycles. The zero-order valence-electron chi connectivity index (χ0n) is 12.0. The molecule has 2 heterocycles. The molecule has 22 heavy (non-hydrogen) atoms. The van der Waals surface area contributed by atoms with Gasteiger partial charge in [-0.15, -0.1) is 0 Å². The predicted molar refractivity (Wildman–Crippen MR) is 85.5 cm³/mol. The zero-order chi connectivity index (χ0) is 14.8. The van der Waals surface area contributed by atoms with Crippen molar-refractivity contribution < 1.29 is 0 Å². The van der Waals surface area contributed by atoms with Gasteiger partial charge in [-0.25, -0.2) is 15.0 Å². The van der Waals surface area contributed by atoms with Crippen LogP contribution in [0.4, 0.5) is 17.3 Å². The van der Waals surface area contributed by atoms with E-state index in [0.717, 1.165) is 23.0 Å². The molecule has 6 nitrogen and oxygen atoms in total. The van der Waals surface area contributed by atoms with Crippen molar-refractivity contribution in [2.24, 2.45) is 0 Å². The number of imidazole rings is 1. The molecule has 0 aliphatic heterocycles. The molecular weight excluding hydrogens is 276 g/mol. The van der Waals surface area contributed by atoms with Crippen molar-refractivity contribution in [2.75, 3.05) is 10.6 Å². The number of hydrogen-bond acceptors (Lipinski definition) is 5. The molecule has 0 atom stereocenters. The Hall–Kier alpha value is -2.89. The number of hydrogen-bond donors (Lipinski definition) is 2. The van der Waals surface area contributed by atoms with Crippen LogP contribution in [0.3, 0.4) is 0 Å². The minimum atomic E-state index is 0.581. The van der Waals surface area contributed by atoms with E-state index in [1.54, 1.807) is 18.9 Å². The third-order valence-corrected chi connectivity index (χ3v) is 3.54. The first kappa shape index (κ1) is 12.8. The minimum Gasteiger partial charge on any atom is -0.367 e. The highest BCUT2D eigenvalue weighted by Gasteiger charge is 2.21. The van der Waals surface area contributed by atoms with E-state index < -0.39 is 0 Å². The average molecular weight is 292 g/mol. The van der Waals surface area contributed by atoms with E-state index >= 15 is 0 Å².